The summed E-state index contributed by atoms with van der Waals surface area (Å²) >= 11 is 0. The Labute approximate surface area is 226 Å². The zero-order valence-corrected chi connectivity index (χ0v) is 24.6. The molecule has 0 radical (unpaired) electrons. The molecule has 1 fully saturated rings. The lowest BCUT2D eigenvalue weighted by Crippen LogP contribution is -2.66. The van der Waals surface area contributed by atoms with Crippen LogP contribution in [0.15, 0.2) is 0 Å². The predicted molar refractivity (Wildman–Crippen MR) is 118 cm³/mol. The molecule has 1 saturated carbocycles. The zero-order valence-electron chi connectivity index (χ0n) is 19.3. The van der Waals surface area contributed by atoms with Crippen molar-refractivity contribution in [1.82, 2.24) is 0 Å². The number of hydrogen-bond donors (Lipinski definition) is 13. The molecule has 0 aliphatic heterocycles. The van der Waals surface area contributed by atoms with Gasteiger partial charge in [-0.3, -0.25) is 31.7 Å². The van der Waals surface area contributed by atoms with Crippen LogP contribution in [0.1, 0.15) is 0 Å². The lowest BCUT2D eigenvalue weighted by molar-refractivity contribution is -0.202. The van der Waals surface area contributed by atoms with E-state index in [0.29, 0.717) is 0 Å². The van der Waals surface area contributed by atoms with E-state index in [2.05, 4.69) is 31.7 Å². The number of phosphoric ester groups is 6. The highest BCUT2D eigenvalue weighted by Crippen LogP contribution is 2.58. The van der Waals surface area contributed by atoms with Gasteiger partial charge in [0.05, 0.1) is 13.2 Å². The van der Waals surface area contributed by atoms with Gasteiger partial charge in [-0.1, -0.05) is 0 Å². The van der Waals surface area contributed by atoms with Crippen molar-refractivity contribution >= 4 is 46.9 Å². The first-order valence-electron chi connectivity index (χ1n) is 9.67. The normalized spacial score (nSPS) is 29.2. The van der Waals surface area contributed by atoms with Crippen LogP contribution < -0.4 is 0 Å². The lowest BCUT2D eigenvalue weighted by atomic mass is 9.85. The van der Waals surface area contributed by atoms with Crippen LogP contribution in [0.25, 0.3) is 0 Å². The van der Waals surface area contributed by atoms with Crippen molar-refractivity contribution in [3.05, 3.63) is 0 Å². The van der Waals surface area contributed by atoms with Gasteiger partial charge in [0, 0.05) is 0 Å². The average molecular weight is 734 g/mol. The van der Waals surface area contributed by atoms with E-state index in [-0.39, 0.29) is 0 Å². The second kappa shape index (κ2) is 14.3. The second-order valence-electron chi connectivity index (χ2n) is 7.47. The molecule has 1 rings (SSSR count). The van der Waals surface area contributed by atoms with E-state index in [0.717, 1.165) is 0 Å². The summed E-state index contributed by atoms with van der Waals surface area (Å²) < 4.78 is 100. The molecule has 32 heteroatoms. The maximum absolute atomic E-state index is 12.5. The van der Waals surface area contributed by atoms with Gasteiger partial charge in [-0.05, 0) is 0 Å². The number of aliphatic hydroxyl groups excluding tert-OH is 2. The van der Waals surface area contributed by atoms with Gasteiger partial charge in [0.15, 0.2) is 0 Å². The Kier molecular flexibility index (Phi) is 13.9. The molecule has 0 aromatic heterocycles. The summed E-state index contributed by atoms with van der Waals surface area (Å²) in [6, 6.07) is 0. The third-order valence-corrected chi connectivity index (χ3v) is 7.71. The van der Waals surface area contributed by atoms with Gasteiger partial charge in [0.2, 0.25) is 0 Å². The van der Waals surface area contributed by atoms with E-state index >= 15 is 0 Å². The lowest BCUT2D eigenvalue weighted by Gasteiger charge is -2.48. The minimum absolute atomic E-state index is 1.10. The maximum atomic E-state index is 12.5. The molecular formula is C9H24O26P6. The van der Waals surface area contributed by atoms with E-state index in [1.54, 1.807) is 0 Å². The maximum Gasteiger partial charge on any atom is 0.472 e. The summed E-state index contributed by atoms with van der Waals surface area (Å²) in [5.74, 6) is 0. The first-order chi connectivity index (χ1) is 18.0. The van der Waals surface area contributed by atoms with Crippen molar-refractivity contribution in [2.24, 2.45) is 0 Å². The summed E-state index contributed by atoms with van der Waals surface area (Å²) in [4.78, 5) is 103. The van der Waals surface area contributed by atoms with Gasteiger partial charge in [-0.2, -0.15) is 0 Å². The third kappa shape index (κ3) is 15.4. The van der Waals surface area contributed by atoms with Crippen LogP contribution in [0.5, 0.6) is 0 Å². The molecule has 246 valence electrons. The largest absolute Gasteiger partial charge is 0.472 e. The van der Waals surface area contributed by atoms with Crippen molar-refractivity contribution in [3.8, 4) is 0 Å². The summed E-state index contributed by atoms with van der Waals surface area (Å²) in [5, 5.41) is 18.1. The Morgan fingerprint density at radius 3 is 0.878 bits per heavy atom. The minimum Gasteiger partial charge on any atom is -0.394 e. The zero-order chi connectivity index (χ0) is 32.4. The number of phosphoric acid groups is 6. The van der Waals surface area contributed by atoms with E-state index in [1.165, 1.54) is 0 Å². The van der Waals surface area contributed by atoms with Crippen molar-refractivity contribution in [3.63, 3.8) is 0 Å². The van der Waals surface area contributed by atoms with Crippen molar-refractivity contribution < 1.29 is 123 Å². The fraction of sp³-hybridized carbons (Fsp3) is 1.00. The molecule has 0 heterocycles. The van der Waals surface area contributed by atoms with Gasteiger partial charge in [0.25, 0.3) is 0 Å². The Bertz CT molecular complexity index is 1100. The molecule has 13 N–H and O–H groups in total. The van der Waals surface area contributed by atoms with Gasteiger partial charge >= 0.3 is 46.9 Å². The highest BCUT2D eigenvalue weighted by Gasteiger charge is 2.63. The quantitative estimate of drug-likeness (QED) is 0.0677. The van der Waals surface area contributed by atoms with Gasteiger partial charge in [-0.25, -0.2) is 27.4 Å². The van der Waals surface area contributed by atoms with E-state index in [9.17, 15) is 86.3 Å². The van der Waals surface area contributed by atoms with Gasteiger partial charge in [-0.15, -0.1) is 0 Å². The molecule has 26 nitrogen and oxygen atoms in total. The highest BCUT2D eigenvalue weighted by molar-refractivity contribution is 7.48. The minimum atomic E-state index is -6.08. The van der Waals surface area contributed by atoms with Crippen LogP contribution in [-0.4, -0.2) is 120 Å². The molecule has 0 aromatic carbocycles. The average Bonchev–Trinajstić information content (AvgIpc) is 2.69. The van der Waals surface area contributed by atoms with Gasteiger partial charge < -0.3 is 64.0 Å². The first-order valence-corrected chi connectivity index (χ1v) is 18.8. The SMILES string of the molecule is O=P(O)(O)O[C@@H]1[C@@H](OP(=O)(O)O)[C@H](OP(=O)(O)O)[C@@H](OP(=O)(O)OCC(O)CO)[C@@H](OP(=O)(O)O)[C@H]1OP(=O)(O)O. The molecule has 8 atom stereocenters. The van der Waals surface area contributed by atoms with Crippen molar-refractivity contribution in [2.45, 2.75) is 42.7 Å². The van der Waals surface area contributed by atoms with Crippen LogP contribution in [0.2, 0.25) is 0 Å². The van der Waals surface area contributed by atoms with Crippen molar-refractivity contribution in [1.29, 1.82) is 0 Å². The monoisotopic (exact) mass is 734 g/mol. The Morgan fingerprint density at radius 2 is 0.683 bits per heavy atom. The molecular weight excluding hydrogens is 710 g/mol. The topological polar surface area (TPSA) is 430 Å². The van der Waals surface area contributed by atoms with Crippen LogP contribution >= 0.6 is 46.9 Å². The molecule has 0 saturated heterocycles. The van der Waals surface area contributed by atoms with Gasteiger partial charge in [0.1, 0.15) is 42.7 Å². The van der Waals surface area contributed by atoms with Crippen molar-refractivity contribution in [2.75, 3.05) is 13.2 Å². The molecule has 1 aliphatic carbocycles. The van der Waals surface area contributed by atoms with E-state index in [4.69, 9.17) is 5.11 Å². The second-order valence-corrected chi connectivity index (χ2v) is 14.8. The highest BCUT2D eigenvalue weighted by atomic mass is 31.2. The van der Waals surface area contributed by atoms with E-state index < -0.39 is 103 Å². The van der Waals surface area contributed by atoms with Crippen LogP contribution in [-0.2, 0) is 59.1 Å². The molecule has 1 aliphatic rings. The molecule has 0 amide bonds. The van der Waals surface area contributed by atoms with Crippen LogP contribution in [0.3, 0.4) is 0 Å². The fourth-order valence-electron chi connectivity index (χ4n) is 3.05. The summed E-state index contributed by atoms with van der Waals surface area (Å²) in [6.45, 7) is -2.38. The van der Waals surface area contributed by atoms with Crippen LogP contribution in [0.4, 0.5) is 0 Å². The Morgan fingerprint density at radius 1 is 0.463 bits per heavy atom. The molecule has 2 unspecified atom stereocenters. The number of hydrogen-bond acceptors (Lipinski definition) is 15. The number of aliphatic hydroxyl groups is 2. The smallest absolute Gasteiger partial charge is 0.394 e. The Hall–Kier alpha value is 0.580. The van der Waals surface area contributed by atoms with Crippen LogP contribution in [0, 0.1) is 0 Å². The predicted octanol–water partition coefficient (Wildman–Crippen LogP) is -3.76. The molecule has 41 heavy (non-hydrogen) atoms. The summed E-state index contributed by atoms with van der Waals surface area (Å²) in [7, 11) is -36.3. The third-order valence-electron chi connectivity index (χ3n) is 4.13. The molecule has 0 aromatic rings. The summed E-state index contributed by atoms with van der Waals surface area (Å²) in [5.41, 5.74) is 0. The Balaban J connectivity index is 4.03. The molecule has 0 bridgehead atoms. The summed E-state index contributed by atoms with van der Waals surface area (Å²) in [6.07, 6.45) is -21.0. The molecule has 0 spiro atoms. The van der Waals surface area contributed by atoms with E-state index in [1.807, 2.05) is 0 Å². The first kappa shape index (κ1) is 39.6. The standard InChI is InChI=1S/C9H24O26P6/c10-1-3(11)2-29-41(27,28)35-9-7(33-39(21,22)23)5(31-37(15,16)17)4(30-36(12,13)14)6(32-38(18,19)20)8(9)34-40(24,25)26/h3-11H,1-2H2,(H,27,28)(H2,12,13,14)(H2,15,16,17)(H2,18,19,20)(H2,21,22,23)(H2,24,25,26)/t3?,4-,5-,6+,7-,8-,9-/m0/s1. The number of rotatable bonds is 16. The fourth-order valence-corrected chi connectivity index (χ4v) is 6.81.